The molecule has 0 fully saturated rings. The third-order valence-corrected chi connectivity index (χ3v) is 8.46. The molecule has 0 aliphatic carbocycles. The molecule has 0 unspecified atom stereocenters. The van der Waals surface area contributed by atoms with Crippen molar-refractivity contribution in [3.8, 4) is 11.5 Å². The van der Waals surface area contributed by atoms with Gasteiger partial charge in [-0.2, -0.15) is 23.8 Å². The van der Waals surface area contributed by atoms with Crippen LogP contribution in [0.2, 0.25) is 0 Å². The van der Waals surface area contributed by atoms with Crippen molar-refractivity contribution in [2.75, 3.05) is 17.7 Å². The number of aromatic carboxylic acids is 1. The summed E-state index contributed by atoms with van der Waals surface area (Å²) >= 11 is 0. The highest BCUT2D eigenvalue weighted by molar-refractivity contribution is 7.91. The molecule has 4 aromatic rings. The van der Waals surface area contributed by atoms with Crippen LogP contribution in [-0.4, -0.2) is 60.9 Å². The second-order valence-corrected chi connectivity index (χ2v) is 13.4. The van der Waals surface area contributed by atoms with Crippen LogP contribution in [0.3, 0.4) is 0 Å². The standard InChI is InChI=1S/C30H27N7O11S2/c1-17-5-3-6-19(13-17)33-36-27-23(30(41)42)16-26(39)28(29(27)40)37-34-21-9-10-24(25(15-21)31-18(2)38)35-32-20-7-4-8-22(14-20)49(43,44)12-11-48-50(45,46)47/h3-10,13-16,39-40H,11-12H2,1-2H3,(H,31,38)(H,41,42)(H,45,46,47). The molecule has 20 heteroatoms. The van der Waals surface area contributed by atoms with Gasteiger partial charge in [0.05, 0.1) is 45.6 Å². The minimum atomic E-state index is -4.82. The number of hydrogen-bond acceptors (Lipinski definition) is 15. The Hall–Kier alpha value is -5.96. The van der Waals surface area contributed by atoms with Crippen molar-refractivity contribution in [1.29, 1.82) is 0 Å². The number of carbonyl (C=O) groups excluding carboxylic acids is 1. The summed E-state index contributed by atoms with van der Waals surface area (Å²) in [6.07, 6.45) is 0. The first-order valence-electron chi connectivity index (χ1n) is 14.0. The molecule has 0 aliphatic rings. The quantitative estimate of drug-likeness (QED) is 0.0697. The van der Waals surface area contributed by atoms with Gasteiger partial charge in [-0.05, 0) is 67.1 Å². The SMILES string of the molecule is CC(=O)Nc1cc(N=Nc2c(O)cc(C(=O)O)c(N=Nc3cccc(C)c3)c2O)ccc1N=Nc1cccc(S(=O)(=O)CCOS(=O)(=O)O)c1. The normalized spacial score (nSPS) is 12.2. The van der Waals surface area contributed by atoms with Crippen LogP contribution in [0.4, 0.5) is 39.8 Å². The van der Waals surface area contributed by atoms with Gasteiger partial charge in [0.1, 0.15) is 17.1 Å². The van der Waals surface area contributed by atoms with Gasteiger partial charge in [0.15, 0.2) is 21.3 Å². The molecule has 1 amide bonds. The third kappa shape index (κ3) is 10.0. The van der Waals surface area contributed by atoms with E-state index in [1.807, 2.05) is 13.0 Å². The molecule has 0 heterocycles. The second kappa shape index (κ2) is 15.5. The van der Waals surface area contributed by atoms with Gasteiger partial charge in [0, 0.05) is 6.92 Å². The number of nitrogens with one attached hydrogen (secondary N) is 1. The first kappa shape index (κ1) is 36.9. The van der Waals surface area contributed by atoms with Crippen molar-refractivity contribution < 1.29 is 50.5 Å². The fourth-order valence-corrected chi connectivity index (χ4v) is 5.61. The Morgan fingerprint density at radius 2 is 1.40 bits per heavy atom. The molecule has 4 aromatic carbocycles. The van der Waals surface area contributed by atoms with Crippen LogP contribution in [0.5, 0.6) is 11.5 Å². The summed E-state index contributed by atoms with van der Waals surface area (Å²) in [6, 6.07) is 16.9. The van der Waals surface area contributed by atoms with Crippen LogP contribution in [-0.2, 0) is 29.2 Å². The first-order chi connectivity index (χ1) is 23.5. The monoisotopic (exact) mass is 725 g/mol. The minimum absolute atomic E-state index is 0.0745. The zero-order chi connectivity index (χ0) is 36.6. The minimum Gasteiger partial charge on any atom is -0.505 e. The smallest absolute Gasteiger partial charge is 0.397 e. The molecular formula is C30H27N7O11S2. The Morgan fingerprint density at radius 1 is 0.780 bits per heavy atom. The zero-order valence-corrected chi connectivity index (χ0v) is 27.6. The summed E-state index contributed by atoms with van der Waals surface area (Å²) in [4.78, 5) is 23.5. The highest BCUT2D eigenvalue weighted by Crippen LogP contribution is 2.47. The number of rotatable bonds is 13. The number of sulfone groups is 1. The maximum absolute atomic E-state index is 12.6. The number of carboxylic acid groups (broad SMARTS) is 1. The Bertz CT molecular complexity index is 2270. The molecule has 0 saturated heterocycles. The van der Waals surface area contributed by atoms with Gasteiger partial charge in [0.2, 0.25) is 5.91 Å². The number of aromatic hydroxyl groups is 2. The second-order valence-electron chi connectivity index (χ2n) is 10.2. The molecule has 0 bridgehead atoms. The van der Waals surface area contributed by atoms with Gasteiger partial charge in [-0.25, -0.2) is 17.4 Å². The topological polar surface area (TPSA) is 279 Å². The lowest BCUT2D eigenvalue weighted by atomic mass is 10.1. The fourth-order valence-electron chi connectivity index (χ4n) is 4.08. The average Bonchev–Trinajstić information content (AvgIpc) is 3.02. The molecule has 0 saturated carbocycles. The molecule has 4 rings (SSSR count). The van der Waals surface area contributed by atoms with E-state index in [1.165, 1.54) is 43.3 Å². The van der Waals surface area contributed by atoms with Gasteiger partial charge < -0.3 is 20.6 Å². The van der Waals surface area contributed by atoms with Crippen LogP contribution in [0.25, 0.3) is 0 Å². The summed E-state index contributed by atoms with van der Waals surface area (Å²) in [5.74, 6) is -4.29. The van der Waals surface area contributed by atoms with Crippen LogP contribution < -0.4 is 5.32 Å². The highest BCUT2D eigenvalue weighted by atomic mass is 32.3. The summed E-state index contributed by atoms with van der Waals surface area (Å²) in [6.45, 7) is 2.23. The van der Waals surface area contributed by atoms with Gasteiger partial charge >= 0.3 is 16.4 Å². The number of hydrogen-bond donors (Lipinski definition) is 5. The van der Waals surface area contributed by atoms with Gasteiger partial charge in [-0.1, -0.05) is 18.2 Å². The summed E-state index contributed by atoms with van der Waals surface area (Å²) < 4.78 is 59.3. The fraction of sp³-hybridized carbons (Fsp3) is 0.133. The maximum atomic E-state index is 12.6. The molecule has 0 aromatic heterocycles. The van der Waals surface area contributed by atoms with Crippen molar-refractivity contribution >= 4 is 71.9 Å². The molecule has 18 nitrogen and oxygen atoms in total. The number of anilines is 1. The first-order valence-corrected chi connectivity index (χ1v) is 17.0. The molecule has 5 N–H and O–H groups in total. The molecule has 0 radical (unpaired) electrons. The van der Waals surface area contributed by atoms with Crippen molar-refractivity contribution in [2.45, 2.75) is 18.7 Å². The van der Waals surface area contributed by atoms with E-state index >= 15 is 0 Å². The number of nitrogens with zero attached hydrogens (tertiary/aromatic N) is 6. The molecule has 0 atom stereocenters. The number of amides is 1. The Kier molecular flexibility index (Phi) is 11.4. The molecular weight excluding hydrogens is 699 g/mol. The Labute approximate surface area is 284 Å². The lowest BCUT2D eigenvalue weighted by Crippen LogP contribution is -2.15. The summed E-state index contributed by atoms with van der Waals surface area (Å²) in [5.41, 5.74) is 0.0348. The van der Waals surface area contributed by atoms with Crippen molar-refractivity contribution in [3.05, 3.63) is 83.9 Å². The lowest BCUT2D eigenvalue weighted by molar-refractivity contribution is -0.114. The summed E-state index contributed by atoms with van der Waals surface area (Å²) in [5, 5.41) is 57.3. The van der Waals surface area contributed by atoms with E-state index in [1.54, 1.807) is 18.2 Å². The number of carboxylic acids is 1. The van der Waals surface area contributed by atoms with E-state index in [0.29, 0.717) is 5.69 Å². The molecule has 0 aliphatic heterocycles. The van der Waals surface area contributed by atoms with E-state index < -0.39 is 72.9 Å². The van der Waals surface area contributed by atoms with Crippen LogP contribution >= 0.6 is 0 Å². The lowest BCUT2D eigenvalue weighted by Gasteiger charge is -2.08. The van der Waals surface area contributed by atoms with E-state index in [-0.39, 0.29) is 27.6 Å². The molecule has 50 heavy (non-hydrogen) atoms. The van der Waals surface area contributed by atoms with Crippen LogP contribution in [0, 0.1) is 6.92 Å². The van der Waals surface area contributed by atoms with Gasteiger partial charge in [-0.15, -0.1) is 15.3 Å². The predicted molar refractivity (Wildman–Crippen MR) is 177 cm³/mol. The van der Waals surface area contributed by atoms with Gasteiger partial charge in [0.25, 0.3) is 0 Å². The third-order valence-electron chi connectivity index (χ3n) is 6.32. The zero-order valence-electron chi connectivity index (χ0n) is 26.0. The van der Waals surface area contributed by atoms with Crippen molar-refractivity contribution in [2.24, 2.45) is 30.7 Å². The number of benzene rings is 4. The Morgan fingerprint density at radius 3 is 2.04 bits per heavy atom. The average molecular weight is 726 g/mol. The van der Waals surface area contributed by atoms with Gasteiger partial charge in [-0.3, -0.25) is 9.35 Å². The van der Waals surface area contributed by atoms with E-state index in [2.05, 4.69) is 40.2 Å². The Balaban J connectivity index is 1.63. The van der Waals surface area contributed by atoms with Crippen molar-refractivity contribution in [1.82, 2.24) is 0 Å². The number of phenolic OH excluding ortho intramolecular Hbond substituents is 2. The highest BCUT2D eigenvalue weighted by Gasteiger charge is 2.22. The van der Waals surface area contributed by atoms with E-state index in [4.69, 9.17) is 4.55 Å². The number of carbonyl (C=O) groups is 2. The maximum Gasteiger partial charge on any atom is 0.397 e. The number of phenols is 2. The largest absolute Gasteiger partial charge is 0.505 e. The summed E-state index contributed by atoms with van der Waals surface area (Å²) in [7, 11) is -8.86. The molecule has 260 valence electrons. The molecule has 0 spiro atoms. The van der Waals surface area contributed by atoms with Crippen molar-refractivity contribution in [3.63, 3.8) is 0 Å². The van der Waals surface area contributed by atoms with Crippen LogP contribution in [0.15, 0.2) is 108 Å². The number of aryl methyl sites for hydroxylation is 1. The van der Waals surface area contributed by atoms with E-state index in [0.717, 1.165) is 17.7 Å². The van der Waals surface area contributed by atoms with E-state index in [9.17, 15) is 41.7 Å². The van der Waals surface area contributed by atoms with Crippen LogP contribution in [0.1, 0.15) is 22.8 Å². The predicted octanol–water partition coefficient (Wildman–Crippen LogP) is 6.90. The number of azo groups is 3.